The first kappa shape index (κ1) is 16.3. The molecule has 0 saturated carbocycles. The Hall–Kier alpha value is -3.15. The van der Waals surface area contributed by atoms with Crippen molar-refractivity contribution < 1.29 is 9.53 Å². The fraction of sp³-hybridized carbons (Fsp3) is 0.250. The molecular formula is C20H20N4O2. The Morgan fingerprint density at radius 2 is 2.23 bits per heavy atom. The van der Waals surface area contributed by atoms with Gasteiger partial charge in [0.1, 0.15) is 18.9 Å². The summed E-state index contributed by atoms with van der Waals surface area (Å²) in [7, 11) is 0. The number of nitrogens with one attached hydrogen (secondary N) is 1. The quantitative estimate of drug-likeness (QED) is 0.769. The molecule has 0 saturated heterocycles. The number of ether oxygens (including phenoxy) is 1. The third-order valence-corrected chi connectivity index (χ3v) is 4.41. The van der Waals surface area contributed by atoms with Crippen molar-refractivity contribution >= 4 is 5.91 Å². The Balaban J connectivity index is 1.45. The second kappa shape index (κ2) is 7.00. The molecule has 1 aliphatic heterocycles. The summed E-state index contributed by atoms with van der Waals surface area (Å²) < 4.78 is 7.53. The van der Waals surface area contributed by atoms with Crippen LogP contribution in [0, 0.1) is 6.92 Å². The summed E-state index contributed by atoms with van der Waals surface area (Å²) in [4.78, 5) is 16.6. The molecule has 0 spiro atoms. The molecule has 6 heteroatoms. The number of carbonyl (C=O) groups excluding carboxylic acids is 1. The van der Waals surface area contributed by atoms with Gasteiger partial charge in [-0.05, 0) is 31.2 Å². The van der Waals surface area contributed by atoms with E-state index in [-0.39, 0.29) is 12.5 Å². The summed E-state index contributed by atoms with van der Waals surface area (Å²) in [5, 5.41) is 7.34. The molecule has 3 aromatic rings. The van der Waals surface area contributed by atoms with Crippen LogP contribution in [0.2, 0.25) is 0 Å². The number of benzene rings is 1. The van der Waals surface area contributed by atoms with Crippen molar-refractivity contribution in [2.24, 2.45) is 0 Å². The Morgan fingerprint density at radius 1 is 1.31 bits per heavy atom. The van der Waals surface area contributed by atoms with Gasteiger partial charge < -0.3 is 10.1 Å². The average molecular weight is 348 g/mol. The third kappa shape index (κ3) is 3.31. The number of rotatable bonds is 5. The van der Waals surface area contributed by atoms with Crippen LogP contribution in [0.3, 0.4) is 0 Å². The molecule has 3 heterocycles. The Kier molecular flexibility index (Phi) is 4.39. The van der Waals surface area contributed by atoms with E-state index in [4.69, 9.17) is 4.74 Å². The number of hydrogen-bond acceptors (Lipinski definition) is 4. The number of carbonyl (C=O) groups is 1. The second-order valence-electron chi connectivity index (χ2n) is 6.39. The first-order valence-electron chi connectivity index (χ1n) is 8.66. The number of aryl methyl sites for hydroxylation is 1. The molecule has 1 aromatic carbocycles. The molecule has 1 amide bonds. The van der Waals surface area contributed by atoms with Crippen molar-refractivity contribution in [2.75, 3.05) is 6.54 Å². The van der Waals surface area contributed by atoms with Crippen LogP contribution in [0.15, 0.2) is 48.8 Å². The van der Waals surface area contributed by atoms with Gasteiger partial charge in [0.15, 0.2) is 0 Å². The maximum absolute atomic E-state index is 12.3. The topological polar surface area (TPSA) is 69.0 Å². The standard InChI is InChI=1S/C20H20N4O2/c1-14-5-6-18-17(10-14)20-15(13-26-18)11-23-24(20)12-19(25)22-9-7-16-4-2-3-8-21-16/h2-6,8,10-11H,7,9,12-13H2,1H3,(H,22,25). The van der Waals surface area contributed by atoms with E-state index in [9.17, 15) is 4.79 Å². The van der Waals surface area contributed by atoms with E-state index in [1.54, 1.807) is 17.1 Å². The van der Waals surface area contributed by atoms with Gasteiger partial charge in [-0.25, -0.2) is 0 Å². The monoisotopic (exact) mass is 348 g/mol. The van der Waals surface area contributed by atoms with Crippen molar-refractivity contribution in [1.82, 2.24) is 20.1 Å². The summed E-state index contributed by atoms with van der Waals surface area (Å²) in [6.45, 7) is 3.26. The molecule has 0 atom stereocenters. The van der Waals surface area contributed by atoms with E-state index in [0.717, 1.165) is 33.8 Å². The number of fused-ring (bicyclic) bond motifs is 3. The largest absolute Gasteiger partial charge is 0.488 e. The summed E-state index contributed by atoms with van der Waals surface area (Å²) >= 11 is 0. The molecule has 1 N–H and O–H groups in total. The van der Waals surface area contributed by atoms with Gasteiger partial charge >= 0.3 is 0 Å². The predicted octanol–water partition coefficient (Wildman–Crippen LogP) is 2.50. The van der Waals surface area contributed by atoms with Crippen LogP contribution in [0.5, 0.6) is 5.75 Å². The normalized spacial score (nSPS) is 12.0. The highest BCUT2D eigenvalue weighted by molar-refractivity contribution is 5.78. The number of nitrogens with zero attached hydrogens (tertiary/aromatic N) is 3. The Labute approximate surface area is 151 Å². The minimum Gasteiger partial charge on any atom is -0.488 e. The molecule has 0 aliphatic carbocycles. The summed E-state index contributed by atoms with van der Waals surface area (Å²) in [5.41, 5.74) is 5.07. The maximum Gasteiger partial charge on any atom is 0.241 e. The van der Waals surface area contributed by atoms with Gasteiger partial charge in [-0.3, -0.25) is 14.5 Å². The third-order valence-electron chi connectivity index (χ3n) is 4.41. The zero-order chi connectivity index (χ0) is 17.9. The Morgan fingerprint density at radius 3 is 3.08 bits per heavy atom. The highest BCUT2D eigenvalue weighted by Crippen LogP contribution is 2.37. The SMILES string of the molecule is Cc1ccc2c(c1)-c1c(cnn1CC(=O)NCCc1ccccn1)CO2. The first-order chi connectivity index (χ1) is 12.7. The molecule has 0 fully saturated rings. The molecule has 6 nitrogen and oxygen atoms in total. The van der Waals surface area contributed by atoms with Gasteiger partial charge in [0.25, 0.3) is 0 Å². The molecule has 4 rings (SSSR count). The van der Waals surface area contributed by atoms with Crippen molar-refractivity contribution in [3.8, 4) is 17.0 Å². The van der Waals surface area contributed by atoms with Crippen LogP contribution in [0.1, 0.15) is 16.8 Å². The summed E-state index contributed by atoms with van der Waals surface area (Å²) in [5.74, 6) is 0.771. The van der Waals surface area contributed by atoms with E-state index in [0.29, 0.717) is 19.6 Å². The molecule has 0 radical (unpaired) electrons. The molecule has 132 valence electrons. The fourth-order valence-electron chi connectivity index (χ4n) is 3.14. The second-order valence-corrected chi connectivity index (χ2v) is 6.39. The lowest BCUT2D eigenvalue weighted by molar-refractivity contribution is -0.121. The number of hydrogen-bond donors (Lipinski definition) is 1. The zero-order valence-electron chi connectivity index (χ0n) is 14.6. The molecule has 0 unspecified atom stereocenters. The van der Waals surface area contributed by atoms with Crippen LogP contribution in [0.25, 0.3) is 11.3 Å². The molecular weight excluding hydrogens is 328 g/mol. The minimum absolute atomic E-state index is 0.0625. The molecule has 1 aliphatic rings. The van der Waals surface area contributed by atoms with Crippen LogP contribution in [-0.2, 0) is 24.4 Å². The minimum atomic E-state index is -0.0625. The molecule has 2 aromatic heterocycles. The lowest BCUT2D eigenvalue weighted by Gasteiger charge is -2.19. The van der Waals surface area contributed by atoms with Gasteiger partial charge in [0.05, 0.1) is 11.9 Å². The van der Waals surface area contributed by atoms with Gasteiger partial charge in [-0.2, -0.15) is 5.10 Å². The smallest absolute Gasteiger partial charge is 0.241 e. The highest BCUT2D eigenvalue weighted by Gasteiger charge is 2.23. The number of pyridine rings is 1. The predicted molar refractivity (Wildman–Crippen MR) is 97.7 cm³/mol. The van der Waals surface area contributed by atoms with Crippen LogP contribution >= 0.6 is 0 Å². The van der Waals surface area contributed by atoms with E-state index in [2.05, 4.69) is 21.5 Å². The number of aromatic nitrogens is 3. The van der Waals surface area contributed by atoms with Crippen LogP contribution in [0.4, 0.5) is 0 Å². The van der Waals surface area contributed by atoms with Crippen molar-refractivity contribution in [3.05, 3.63) is 65.6 Å². The van der Waals surface area contributed by atoms with Crippen molar-refractivity contribution in [1.29, 1.82) is 0 Å². The van der Waals surface area contributed by atoms with Gasteiger partial charge in [0.2, 0.25) is 5.91 Å². The summed E-state index contributed by atoms with van der Waals surface area (Å²) in [6, 6.07) is 11.8. The van der Waals surface area contributed by atoms with E-state index in [1.165, 1.54) is 0 Å². The van der Waals surface area contributed by atoms with Crippen molar-refractivity contribution in [2.45, 2.75) is 26.5 Å². The maximum atomic E-state index is 12.3. The van der Waals surface area contributed by atoms with Crippen molar-refractivity contribution in [3.63, 3.8) is 0 Å². The first-order valence-corrected chi connectivity index (χ1v) is 8.66. The van der Waals surface area contributed by atoms with Gasteiger partial charge in [0, 0.05) is 36.0 Å². The molecule has 26 heavy (non-hydrogen) atoms. The number of amides is 1. The fourth-order valence-corrected chi connectivity index (χ4v) is 3.14. The zero-order valence-corrected chi connectivity index (χ0v) is 14.6. The van der Waals surface area contributed by atoms with Gasteiger partial charge in [-0.1, -0.05) is 17.7 Å². The summed E-state index contributed by atoms with van der Waals surface area (Å²) in [6.07, 6.45) is 4.25. The Bertz CT molecular complexity index is 934. The highest BCUT2D eigenvalue weighted by atomic mass is 16.5. The van der Waals surface area contributed by atoms with E-state index < -0.39 is 0 Å². The van der Waals surface area contributed by atoms with Crippen LogP contribution < -0.4 is 10.1 Å². The average Bonchev–Trinajstić information content (AvgIpc) is 3.06. The van der Waals surface area contributed by atoms with Crippen LogP contribution in [-0.4, -0.2) is 27.2 Å². The molecule has 0 bridgehead atoms. The lowest BCUT2D eigenvalue weighted by Crippen LogP contribution is -2.30. The van der Waals surface area contributed by atoms with E-state index >= 15 is 0 Å². The van der Waals surface area contributed by atoms with Gasteiger partial charge in [-0.15, -0.1) is 0 Å². The lowest BCUT2D eigenvalue weighted by atomic mass is 10.0. The van der Waals surface area contributed by atoms with E-state index in [1.807, 2.05) is 37.3 Å².